The number of hydrogen-bond donors (Lipinski definition) is 1. The van der Waals surface area contributed by atoms with Crippen LogP contribution >= 0.6 is 22.9 Å². The summed E-state index contributed by atoms with van der Waals surface area (Å²) in [5.41, 5.74) is 3.00. The molecule has 0 saturated heterocycles. The molecular weight excluding hydrogens is 394 g/mol. The maximum atomic E-state index is 12.7. The fraction of sp³-hybridized carbons (Fsp3) is 0.0500. The molecular formula is C20H11N3O3S2. The third-order valence-corrected chi connectivity index (χ3v) is 5.97. The number of rotatable bonds is 5. The van der Waals surface area contributed by atoms with E-state index in [4.69, 9.17) is 6.57 Å². The van der Waals surface area contributed by atoms with E-state index in [0.717, 1.165) is 4.70 Å². The number of carbonyl (C=O) groups excluding carboxylic acids is 1. The van der Waals surface area contributed by atoms with E-state index >= 15 is 0 Å². The lowest BCUT2D eigenvalue weighted by Crippen LogP contribution is -2.07. The quantitative estimate of drug-likeness (QED) is 0.369. The summed E-state index contributed by atoms with van der Waals surface area (Å²) in [7, 11) is 0. The summed E-state index contributed by atoms with van der Waals surface area (Å²) in [5.74, 6) is -1.25. The molecule has 6 nitrogen and oxygen atoms in total. The van der Waals surface area contributed by atoms with Gasteiger partial charge >= 0.3 is 5.97 Å². The van der Waals surface area contributed by atoms with Crippen molar-refractivity contribution < 1.29 is 14.7 Å². The van der Waals surface area contributed by atoms with Crippen LogP contribution in [0.25, 0.3) is 26.2 Å². The number of carboxylic acids is 1. The van der Waals surface area contributed by atoms with E-state index in [1.54, 1.807) is 47.8 Å². The number of aromatic nitrogens is 2. The summed E-state index contributed by atoms with van der Waals surface area (Å²) in [5, 5.41) is 15.4. The van der Waals surface area contributed by atoms with Crippen LogP contribution in [0.2, 0.25) is 0 Å². The molecule has 4 rings (SSSR count). The second-order valence-electron chi connectivity index (χ2n) is 5.97. The lowest BCUT2D eigenvalue weighted by molar-refractivity contribution is 0.0697. The average molecular weight is 405 g/mol. The van der Waals surface area contributed by atoms with E-state index in [1.807, 2.05) is 0 Å². The van der Waals surface area contributed by atoms with E-state index in [1.165, 1.54) is 22.9 Å². The number of benzene rings is 2. The lowest BCUT2D eigenvalue weighted by Gasteiger charge is -2.04. The van der Waals surface area contributed by atoms with Gasteiger partial charge in [0.2, 0.25) is 0 Å². The Morgan fingerprint density at radius 1 is 1.14 bits per heavy atom. The molecule has 136 valence electrons. The summed E-state index contributed by atoms with van der Waals surface area (Å²) in [6.07, 6.45) is -0.00446. The van der Waals surface area contributed by atoms with Crippen LogP contribution in [0.4, 0.5) is 5.69 Å². The molecule has 0 saturated carbocycles. The molecule has 2 aromatic carbocycles. The number of hydrogen-bond acceptors (Lipinski definition) is 6. The van der Waals surface area contributed by atoms with Gasteiger partial charge in [0.1, 0.15) is 5.52 Å². The number of Topliss-reactive ketones (excluding diaryl/α,β-unsaturated/α-hetero) is 1. The molecule has 0 atom stereocenters. The molecule has 0 bridgehead atoms. The van der Waals surface area contributed by atoms with Gasteiger partial charge in [-0.15, -0.1) is 16.4 Å². The predicted octanol–water partition coefficient (Wildman–Crippen LogP) is 5.09. The Hall–Kier alpha value is -3.41. The Labute approximate surface area is 167 Å². The molecule has 0 aliphatic rings. The number of aromatic carboxylic acids is 1. The lowest BCUT2D eigenvalue weighted by atomic mass is 9.99. The van der Waals surface area contributed by atoms with Gasteiger partial charge in [-0.1, -0.05) is 28.8 Å². The van der Waals surface area contributed by atoms with Crippen LogP contribution < -0.4 is 0 Å². The average Bonchev–Trinajstić information content (AvgIpc) is 3.34. The molecule has 0 aliphatic heterocycles. The summed E-state index contributed by atoms with van der Waals surface area (Å²) < 4.78 is 4.75. The zero-order valence-electron chi connectivity index (χ0n) is 14.2. The second kappa shape index (κ2) is 7.31. The predicted molar refractivity (Wildman–Crippen MR) is 108 cm³/mol. The maximum absolute atomic E-state index is 12.7. The van der Waals surface area contributed by atoms with Crippen molar-refractivity contribution in [3.05, 3.63) is 75.3 Å². The highest BCUT2D eigenvalue weighted by Crippen LogP contribution is 2.34. The van der Waals surface area contributed by atoms with E-state index in [9.17, 15) is 14.7 Å². The van der Waals surface area contributed by atoms with Crippen LogP contribution in [-0.4, -0.2) is 26.4 Å². The van der Waals surface area contributed by atoms with Crippen molar-refractivity contribution in [1.82, 2.24) is 9.59 Å². The van der Waals surface area contributed by atoms with Crippen molar-refractivity contribution in [3.63, 3.8) is 0 Å². The van der Waals surface area contributed by atoms with Gasteiger partial charge in [0.25, 0.3) is 0 Å². The third-order valence-electron chi connectivity index (χ3n) is 4.28. The zero-order chi connectivity index (χ0) is 19.7. The molecule has 28 heavy (non-hydrogen) atoms. The number of carboxylic acid groups (broad SMARTS) is 1. The minimum Gasteiger partial charge on any atom is -0.478 e. The van der Waals surface area contributed by atoms with E-state index in [2.05, 4.69) is 14.4 Å². The fourth-order valence-corrected chi connectivity index (χ4v) is 4.48. The van der Waals surface area contributed by atoms with Crippen LogP contribution in [0, 0.1) is 6.57 Å². The van der Waals surface area contributed by atoms with E-state index in [0.29, 0.717) is 32.8 Å². The minimum atomic E-state index is -1.08. The Kier molecular flexibility index (Phi) is 4.69. The molecule has 1 N–H and O–H groups in total. The van der Waals surface area contributed by atoms with Gasteiger partial charge in [-0.2, -0.15) is 0 Å². The maximum Gasteiger partial charge on any atom is 0.337 e. The van der Waals surface area contributed by atoms with Gasteiger partial charge in [-0.05, 0) is 40.7 Å². The first-order valence-electron chi connectivity index (χ1n) is 8.13. The first kappa shape index (κ1) is 18.0. The summed E-state index contributed by atoms with van der Waals surface area (Å²) >= 11 is 2.50. The topological polar surface area (TPSA) is 84.5 Å². The third kappa shape index (κ3) is 3.29. The van der Waals surface area contributed by atoms with Crippen molar-refractivity contribution in [1.29, 1.82) is 0 Å². The van der Waals surface area contributed by atoms with Crippen molar-refractivity contribution in [2.75, 3.05) is 0 Å². The summed E-state index contributed by atoms with van der Waals surface area (Å²) in [6.45, 7) is 7.02. The molecule has 0 unspecified atom stereocenters. The largest absolute Gasteiger partial charge is 0.478 e. The molecule has 0 fully saturated rings. The molecule has 0 spiro atoms. The second-order valence-corrected chi connectivity index (χ2v) is 7.72. The molecule has 2 heterocycles. The Bertz CT molecular complexity index is 1250. The van der Waals surface area contributed by atoms with E-state index in [-0.39, 0.29) is 17.8 Å². The highest BCUT2D eigenvalue weighted by molar-refractivity contribution is 7.13. The first-order chi connectivity index (χ1) is 13.6. The Morgan fingerprint density at radius 3 is 2.64 bits per heavy atom. The van der Waals surface area contributed by atoms with Crippen molar-refractivity contribution in [2.45, 2.75) is 6.42 Å². The van der Waals surface area contributed by atoms with Gasteiger partial charge in [0.05, 0.1) is 16.8 Å². The highest BCUT2D eigenvalue weighted by atomic mass is 32.1. The standard InChI is InChI=1S/C20H11N3O3S2/c1-21-13-5-2-11(3-6-13)14-10-27-18(19(14)20(25)26)9-16(24)12-4-7-17-15(8-12)22-23-28-17/h2-8,10H,9H2,(H,25,26). The summed E-state index contributed by atoms with van der Waals surface area (Å²) in [4.78, 5) is 28.4. The highest BCUT2D eigenvalue weighted by Gasteiger charge is 2.22. The van der Waals surface area contributed by atoms with Gasteiger partial charge in [-0.25, -0.2) is 9.64 Å². The molecule has 4 aromatic rings. The molecule has 0 radical (unpaired) electrons. The SMILES string of the molecule is [C-]#[N+]c1ccc(-c2csc(CC(=O)c3ccc4snnc4c3)c2C(=O)O)cc1. The van der Waals surface area contributed by atoms with Gasteiger partial charge in [-0.3, -0.25) is 4.79 Å². The Morgan fingerprint density at radius 2 is 1.93 bits per heavy atom. The smallest absolute Gasteiger partial charge is 0.337 e. The van der Waals surface area contributed by atoms with Crippen molar-refractivity contribution >= 4 is 50.5 Å². The van der Waals surface area contributed by atoms with Crippen molar-refractivity contribution in [2.24, 2.45) is 0 Å². The summed E-state index contributed by atoms with van der Waals surface area (Å²) in [6, 6.07) is 11.9. The minimum absolute atomic E-state index is 0.00446. The van der Waals surface area contributed by atoms with Crippen LogP contribution in [0.1, 0.15) is 25.6 Å². The zero-order valence-corrected chi connectivity index (χ0v) is 15.9. The monoisotopic (exact) mass is 405 g/mol. The number of nitrogens with zero attached hydrogens (tertiary/aromatic N) is 3. The van der Waals surface area contributed by atoms with Gasteiger partial charge in [0, 0.05) is 22.4 Å². The van der Waals surface area contributed by atoms with Crippen LogP contribution in [-0.2, 0) is 6.42 Å². The van der Waals surface area contributed by atoms with Gasteiger partial charge < -0.3 is 5.11 Å². The molecule has 8 heteroatoms. The Balaban J connectivity index is 1.67. The number of ketones is 1. The molecule has 2 aromatic heterocycles. The van der Waals surface area contributed by atoms with E-state index < -0.39 is 5.97 Å². The van der Waals surface area contributed by atoms with Crippen LogP contribution in [0.3, 0.4) is 0 Å². The number of carbonyl (C=O) groups is 2. The molecule has 0 aliphatic carbocycles. The fourth-order valence-electron chi connectivity index (χ4n) is 2.89. The van der Waals surface area contributed by atoms with Crippen LogP contribution in [0.15, 0.2) is 47.8 Å². The van der Waals surface area contributed by atoms with Gasteiger partial charge in [0.15, 0.2) is 11.5 Å². The van der Waals surface area contributed by atoms with Crippen molar-refractivity contribution in [3.8, 4) is 11.1 Å². The number of fused-ring (bicyclic) bond motifs is 1. The van der Waals surface area contributed by atoms with Crippen LogP contribution in [0.5, 0.6) is 0 Å². The first-order valence-corrected chi connectivity index (χ1v) is 9.79. The normalized spacial score (nSPS) is 10.7. The number of thiophene rings is 1. The molecule has 0 amide bonds.